The van der Waals surface area contributed by atoms with E-state index in [4.69, 9.17) is 0 Å². The smallest absolute Gasteiger partial charge is 0.428 e. The van der Waals surface area contributed by atoms with E-state index in [9.17, 15) is 18.0 Å². The van der Waals surface area contributed by atoms with Crippen LogP contribution in [0.25, 0.3) is 0 Å². The molecule has 0 aromatic carbocycles. The van der Waals surface area contributed by atoms with Crippen LogP contribution in [-0.2, 0) is 10.9 Å². The van der Waals surface area contributed by atoms with Crippen molar-refractivity contribution in [2.75, 3.05) is 6.61 Å². The topological polar surface area (TPSA) is 39.2 Å². The molecule has 0 saturated heterocycles. The van der Waals surface area contributed by atoms with E-state index in [1.54, 1.807) is 0 Å². The summed E-state index contributed by atoms with van der Waals surface area (Å²) in [6.45, 7) is 1.53. The molecule has 0 fully saturated rings. The molecule has 1 heterocycles. The summed E-state index contributed by atoms with van der Waals surface area (Å²) in [7, 11) is 0. The second kappa shape index (κ2) is 3.95. The average Bonchev–Trinajstić information content (AvgIpc) is 2.50. The SMILES string of the molecule is CCOC(=O)c1ncsc1C(F)(F)F. The van der Waals surface area contributed by atoms with Crippen LogP contribution in [0, 0.1) is 0 Å². The average molecular weight is 225 g/mol. The maximum atomic E-state index is 12.2. The molecule has 1 rings (SSSR count). The van der Waals surface area contributed by atoms with Gasteiger partial charge in [-0.05, 0) is 6.92 Å². The van der Waals surface area contributed by atoms with Crippen molar-refractivity contribution < 1.29 is 22.7 Å². The van der Waals surface area contributed by atoms with Gasteiger partial charge in [0.15, 0.2) is 5.69 Å². The van der Waals surface area contributed by atoms with Crippen LogP contribution in [0.3, 0.4) is 0 Å². The number of hydrogen-bond donors (Lipinski definition) is 0. The highest BCUT2D eigenvalue weighted by Gasteiger charge is 2.38. The van der Waals surface area contributed by atoms with Crippen molar-refractivity contribution in [2.24, 2.45) is 0 Å². The largest absolute Gasteiger partial charge is 0.461 e. The van der Waals surface area contributed by atoms with Crippen LogP contribution >= 0.6 is 11.3 Å². The Labute approximate surface area is 81.5 Å². The molecule has 0 radical (unpaired) electrons. The fourth-order valence-corrected chi connectivity index (χ4v) is 1.44. The molecular formula is C7H6F3NO2S. The van der Waals surface area contributed by atoms with E-state index >= 15 is 0 Å². The molecule has 0 spiro atoms. The molecule has 0 amide bonds. The lowest BCUT2D eigenvalue weighted by Gasteiger charge is -2.05. The lowest BCUT2D eigenvalue weighted by Crippen LogP contribution is -2.13. The maximum Gasteiger partial charge on any atom is 0.428 e. The highest BCUT2D eigenvalue weighted by Crippen LogP contribution is 2.34. The Morgan fingerprint density at radius 1 is 1.64 bits per heavy atom. The Morgan fingerprint density at radius 2 is 2.29 bits per heavy atom. The second-order valence-electron chi connectivity index (χ2n) is 2.25. The van der Waals surface area contributed by atoms with Crippen molar-refractivity contribution in [3.63, 3.8) is 0 Å². The van der Waals surface area contributed by atoms with Crippen LogP contribution in [0.5, 0.6) is 0 Å². The van der Waals surface area contributed by atoms with Gasteiger partial charge < -0.3 is 4.74 Å². The van der Waals surface area contributed by atoms with Crippen molar-refractivity contribution in [3.8, 4) is 0 Å². The minimum absolute atomic E-state index is 0.0215. The number of ether oxygens (including phenoxy) is 1. The Morgan fingerprint density at radius 3 is 2.79 bits per heavy atom. The van der Waals surface area contributed by atoms with Gasteiger partial charge in [-0.15, -0.1) is 11.3 Å². The van der Waals surface area contributed by atoms with Gasteiger partial charge in [0.2, 0.25) is 0 Å². The number of halogens is 3. The highest BCUT2D eigenvalue weighted by atomic mass is 32.1. The Bertz CT molecular complexity index is 334. The van der Waals surface area contributed by atoms with Gasteiger partial charge in [0.1, 0.15) is 4.88 Å². The van der Waals surface area contributed by atoms with Crippen molar-refractivity contribution in [1.82, 2.24) is 4.98 Å². The van der Waals surface area contributed by atoms with Crippen molar-refractivity contribution in [1.29, 1.82) is 0 Å². The Hall–Kier alpha value is -1.11. The Kier molecular flexibility index (Phi) is 3.10. The molecule has 0 atom stereocenters. The van der Waals surface area contributed by atoms with Crippen LogP contribution in [0.2, 0.25) is 0 Å². The molecule has 0 saturated carbocycles. The fraction of sp³-hybridized carbons (Fsp3) is 0.429. The molecule has 3 nitrogen and oxygen atoms in total. The van der Waals surface area contributed by atoms with E-state index < -0.39 is 22.7 Å². The number of esters is 1. The van der Waals surface area contributed by atoms with E-state index in [-0.39, 0.29) is 6.61 Å². The third-order valence-electron chi connectivity index (χ3n) is 1.29. The summed E-state index contributed by atoms with van der Waals surface area (Å²) < 4.78 is 41.2. The number of hydrogen-bond acceptors (Lipinski definition) is 4. The molecule has 7 heteroatoms. The second-order valence-corrected chi connectivity index (χ2v) is 3.10. The summed E-state index contributed by atoms with van der Waals surface area (Å²) in [5.41, 5.74) is 0.305. The monoisotopic (exact) mass is 225 g/mol. The summed E-state index contributed by atoms with van der Waals surface area (Å²) >= 11 is 0.374. The first-order chi connectivity index (χ1) is 6.46. The third kappa shape index (κ3) is 2.22. The standard InChI is InChI=1S/C7H6F3NO2S/c1-2-13-6(12)4-5(7(8,9)10)14-3-11-4/h3H,2H2,1H3. The number of thiazole rings is 1. The molecule has 0 aliphatic rings. The lowest BCUT2D eigenvalue weighted by atomic mass is 10.3. The van der Waals surface area contributed by atoms with Crippen LogP contribution in [-0.4, -0.2) is 17.6 Å². The molecule has 0 aliphatic carbocycles. The van der Waals surface area contributed by atoms with Crippen LogP contribution < -0.4 is 0 Å². The zero-order valence-electron chi connectivity index (χ0n) is 7.09. The minimum atomic E-state index is -4.55. The third-order valence-corrected chi connectivity index (χ3v) is 2.17. The first-order valence-corrected chi connectivity index (χ1v) is 4.52. The molecule has 14 heavy (non-hydrogen) atoms. The van der Waals surface area contributed by atoms with Crippen molar-refractivity contribution >= 4 is 17.3 Å². The minimum Gasteiger partial charge on any atom is -0.461 e. The summed E-state index contributed by atoms with van der Waals surface area (Å²) in [6.07, 6.45) is -4.55. The van der Waals surface area contributed by atoms with Gasteiger partial charge >= 0.3 is 12.1 Å². The van der Waals surface area contributed by atoms with Crippen LogP contribution in [0.1, 0.15) is 22.3 Å². The molecule has 0 bridgehead atoms. The van der Waals surface area contributed by atoms with E-state index in [1.807, 2.05) is 0 Å². The van der Waals surface area contributed by atoms with Gasteiger partial charge in [-0.25, -0.2) is 9.78 Å². The van der Waals surface area contributed by atoms with E-state index in [2.05, 4.69) is 9.72 Å². The molecule has 0 N–H and O–H groups in total. The molecule has 1 aromatic heterocycles. The predicted octanol–water partition coefficient (Wildman–Crippen LogP) is 2.34. The number of rotatable bonds is 2. The molecule has 0 aliphatic heterocycles. The number of nitrogens with zero attached hydrogens (tertiary/aromatic N) is 1. The van der Waals surface area contributed by atoms with Crippen LogP contribution in [0.4, 0.5) is 13.2 Å². The summed E-state index contributed by atoms with van der Waals surface area (Å²) in [4.78, 5) is 13.3. The van der Waals surface area contributed by atoms with Gasteiger partial charge in [0.25, 0.3) is 0 Å². The first-order valence-electron chi connectivity index (χ1n) is 3.64. The summed E-state index contributed by atoms with van der Waals surface area (Å²) in [6, 6.07) is 0. The van der Waals surface area contributed by atoms with Crippen molar-refractivity contribution in [3.05, 3.63) is 16.1 Å². The predicted molar refractivity (Wildman–Crippen MR) is 43.1 cm³/mol. The normalized spacial score (nSPS) is 11.4. The lowest BCUT2D eigenvalue weighted by molar-refractivity contribution is -0.135. The first kappa shape index (κ1) is 11.0. The van der Waals surface area contributed by atoms with Crippen LogP contribution in [0.15, 0.2) is 5.51 Å². The van der Waals surface area contributed by atoms with Crippen molar-refractivity contribution in [2.45, 2.75) is 13.1 Å². The molecule has 0 unspecified atom stereocenters. The van der Waals surface area contributed by atoms with Gasteiger partial charge in [-0.3, -0.25) is 0 Å². The number of carbonyl (C=O) groups is 1. The molecular weight excluding hydrogens is 219 g/mol. The number of aromatic nitrogens is 1. The van der Waals surface area contributed by atoms with E-state index in [1.165, 1.54) is 6.92 Å². The zero-order chi connectivity index (χ0) is 10.8. The molecule has 78 valence electrons. The number of carbonyl (C=O) groups excluding carboxylic acids is 1. The van der Waals surface area contributed by atoms with Gasteiger partial charge in [0.05, 0.1) is 12.1 Å². The Balaban J connectivity index is 2.99. The van der Waals surface area contributed by atoms with Gasteiger partial charge in [-0.2, -0.15) is 13.2 Å². The number of alkyl halides is 3. The quantitative estimate of drug-likeness (QED) is 0.725. The maximum absolute atomic E-state index is 12.2. The van der Waals surface area contributed by atoms with E-state index in [0.29, 0.717) is 11.3 Å². The molecule has 1 aromatic rings. The van der Waals surface area contributed by atoms with E-state index in [0.717, 1.165) is 5.51 Å². The fourth-order valence-electron chi connectivity index (χ4n) is 0.792. The summed E-state index contributed by atoms with van der Waals surface area (Å²) in [5.74, 6) is -1.04. The van der Waals surface area contributed by atoms with Gasteiger partial charge in [0, 0.05) is 0 Å². The zero-order valence-corrected chi connectivity index (χ0v) is 7.91. The van der Waals surface area contributed by atoms with Gasteiger partial charge in [-0.1, -0.05) is 0 Å². The summed E-state index contributed by atoms with van der Waals surface area (Å²) in [5, 5.41) is 0. The highest BCUT2D eigenvalue weighted by molar-refractivity contribution is 7.10.